The molecule has 0 rings (SSSR count). The Labute approximate surface area is 84.3 Å². The van der Waals surface area contributed by atoms with E-state index in [1.54, 1.807) is 0 Å². The monoisotopic (exact) mass is 231 g/mol. The number of rotatable bonds is 2. The number of carboxylic acids is 2. The molecule has 5 nitrogen and oxygen atoms in total. The zero-order chi connectivity index (χ0) is 12.9. The summed E-state index contributed by atoms with van der Waals surface area (Å²) in [5.41, 5.74) is 0. The largest absolute Gasteiger partial charge is 0.542 e. The van der Waals surface area contributed by atoms with Crippen LogP contribution in [-0.4, -0.2) is 55.4 Å². The molecule has 0 aliphatic rings. The number of nitrogens with zero attached hydrogens (tertiary/aromatic N) is 1. The van der Waals surface area contributed by atoms with Crippen LogP contribution in [0.3, 0.4) is 0 Å². The summed E-state index contributed by atoms with van der Waals surface area (Å²) in [6, 6.07) is 0. The van der Waals surface area contributed by atoms with Crippen LogP contribution in [-0.2, 0) is 9.59 Å². The highest BCUT2D eigenvalue weighted by molar-refractivity contribution is 5.70. The molecule has 0 radical (unpaired) electrons. The van der Waals surface area contributed by atoms with Gasteiger partial charge in [0.2, 0.25) is 0 Å². The van der Waals surface area contributed by atoms with Crippen LogP contribution in [0.25, 0.3) is 0 Å². The topological polar surface area (TPSA) is 77.4 Å². The summed E-state index contributed by atoms with van der Waals surface area (Å²) in [7, 11) is 5.52. The zero-order valence-electron chi connectivity index (χ0n) is 8.46. The second kappa shape index (κ2) is 5.54. The van der Waals surface area contributed by atoms with E-state index in [4.69, 9.17) is 15.0 Å². The molecular formula is C7H12F3NO4. The number of hydrogen-bond acceptors (Lipinski definition) is 3. The number of likely N-dealkylation sites (N-methyl/N-ethyl adjacent to an activating group) is 1. The van der Waals surface area contributed by atoms with Crippen molar-refractivity contribution in [1.82, 2.24) is 0 Å². The number of carbonyl (C=O) groups excluding carboxylic acids is 1. The normalized spacial score (nSPS) is 11.3. The first-order valence-corrected chi connectivity index (χ1v) is 3.66. The number of hydrogen-bond donors (Lipinski definition) is 1. The van der Waals surface area contributed by atoms with E-state index in [0.717, 1.165) is 0 Å². The van der Waals surface area contributed by atoms with Crippen molar-refractivity contribution in [3.63, 3.8) is 0 Å². The maximum atomic E-state index is 10.5. The van der Waals surface area contributed by atoms with Crippen LogP contribution in [0.2, 0.25) is 0 Å². The maximum Gasteiger partial charge on any atom is 0.430 e. The molecule has 0 aliphatic heterocycles. The second-order valence-corrected chi connectivity index (χ2v) is 3.63. The molecule has 0 saturated carbocycles. The van der Waals surface area contributed by atoms with Crippen molar-refractivity contribution in [3.8, 4) is 0 Å². The van der Waals surface area contributed by atoms with Gasteiger partial charge in [0.15, 0.2) is 6.54 Å². The molecule has 0 bridgehead atoms. The fourth-order valence-electron chi connectivity index (χ4n) is 0.406. The molecule has 0 aromatic heterocycles. The van der Waals surface area contributed by atoms with Crippen molar-refractivity contribution < 1.29 is 37.5 Å². The van der Waals surface area contributed by atoms with Gasteiger partial charge in [-0.15, -0.1) is 0 Å². The van der Waals surface area contributed by atoms with Gasteiger partial charge in [-0.2, -0.15) is 13.2 Å². The lowest BCUT2D eigenvalue weighted by Gasteiger charge is -2.20. The van der Waals surface area contributed by atoms with E-state index in [2.05, 4.69) is 0 Å². The lowest BCUT2D eigenvalue weighted by Crippen LogP contribution is -2.39. The predicted molar refractivity (Wildman–Crippen MR) is 41.6 cm³/mol. The molecule has 0 amide bonds. The molecule has 1 N–H and O–H groups in total. The van der Waals surface area contributed by atoms with E-state index in [1.165, 1.54) is 0 Å². The van der Waals surface area contributed by atoms with Crippen molar-refractivity contribution in [2.24, 2.45) is 0 Å². The standard InChI is InChI=1S/C5H11NO2.C2HF3O2/c1-6(2,3)4-5(7)8;3-2(4,5)1(6)7/h4H2,1-3H3;(H,6,7). The molecule has 0 aromatic carbocycles. The van der Waals surface area contributed by atoms with E-state index < -0.39 is 18.1 Å². The highest BCUT2D eigenvalue weighted by atomic mass is 19.4. The number of alkyl halides is 3. The average molecular weight is 231 g/mol. The number of aliphatic carboxylic acids is 2. The second-order valence-electron chi connectivity index (χ2n) is 3.63. The van der Waals surface area contributed by atoms with Crippen molar-refractivity contribution in [3.05, 3.63) is 0 Å². The highest BCUT2D eigenvalue weighted by Gasteiger charge is 2.28. The van der Waals surface area contributed by atoms with Crippen LogP contribution in [0.15, 0.2) is 0 Å². The Bertz CT molecular complexity index is 231. The van der Waals surface area contributed by atoms with Crippen molar-refractivity contribution >= 4 is 11.9 Å². The highest BCUT2D eigenvalue weighted by Crippen LogP contribution is 2.11. The minimum atomic E-state index is -5.19. The fraction of sp³-hybridized carbons (Fsp3) is 0.714. The van der Waals surface area contributed by atoms with E-state index >= 15 is 0 Å². The van der Waals surface area contributed by atoms with Crippen molar-refractivity contribution in [2.75, 3.05) is 27.7 Å². The summed E-state index contributed by atoms with van der Waals surface area (Å²) < 4.78 is 32.0. The molecule has 0 atom stereocenters. The van der Waals surface area contributed by atoms with Crippen molar-refractivity contribution in [2.45, 2.75) is 6.18 Å². The lowest BCUT2D eigenvalue weighted by atomic mass is 10.5. The number of halogens is 3. The summed E-state index contributed by atoms with van der Waals surface area (Å²) >= 11 is 0. The van der Waals surface area contributed by atoms with Gasteiger partial charge in [-0.1, -0.05) is 0 Å². The third-order valence-corrected chi connectivity index (χ3v) is 0.841. The molecule has 0 spiro atoms. The zero-order valence-corrected chi connectivity index (χ0v) is 8.46. The number of carbonyl (C=O) groups is 2. The van der Waals surface area contributed by atoms with E-state index in [-0.39, 0.29) is 6.54 Å². The summed E-state index contributed by atoms with van der Waals surface area (Å²) in [6.45, 7) is 0.181. The molecule has 0 unspecified atom stereocenters. The quantitative estimate of drug-likeness (QED) is 0.623. The van der Waals surface area contributed by atoms with Gasteiger partial charge < -0.3 is 19.5 Å². The Morgan fingerprint density at radius 2 is 1.53 bits per heavy atom. The SMILES string of the molecule is C[N+](C)(C)CC(=O)O.O=C([O-])C(F)(F)F. The van der Waals surface area contributed by atoms with Crippen LogP contribution in [0.1, 0.15) is 0 Å². The Kier molecular flexibility index (Phi) is 5.96. The van der Waals surface area contributed by atoms with Crippen LogP contribution >= 0.6 is 0 Å². The first-order valence-electron chi connectivity index (χ1n) is 3.66. The van der Waals surface area contributed by atoms with Gasteiger partial charge in [0.1, 0.15) is 5.97 Å². The molecule has 0 saturated heterocycles. The minimum Gasteiger partial charge on any atom is -0.542 e. The Hall–Kier alpha value is -1.31. The predicted octanol–water partition coefficient (Wildman–Crippen LogP) is -0.924. The third-order valence-electron chi connectivity index (χ3n) is 0.841. The molecule has 0 aromatic rings. The molecular weight excluding hydrogens is 219 g/mol. The molecule has 8 heteroatoms. The number of quaternary nitrogens is 1. The molecule has 0 fully saturated rings. The summed E-state index contributed by atoms with van der Waals surface area (Å²) in [4.78, 5) is 18.8. The summed E-state index contributed by atoms with van der Waals surface area (Å²) in [5.74, 6) is -3.76. The first-order chi connectivity index (χ1) is 6.36. The van der Waals surface area contributed by atoms with Gasteiger partial charge in [-0.25, -0.2) is 4.79 Å². The number of carboxylic acid groups (broad SMARTS) is 2. The maximum absolute atomic E-state index is 10.5. The molecule has 0 heterocycles. The Morgan fingerprint density at radius 3 is 1.53 bits per heavy atom. The smallest absolute Gasteiger partial charge is 0.430 e. The minimum absolute atomic E-state index is 0.181. The van der Waals surface area contributed by atoms with E-state index in [1.807, 2.05) is 21.1 Å². The van der Waals surface area contributed by atoms with Gasteiger partial charge >= 0.3 is 12.1 Å². The van der Waals surface area contributed by atoms with Crippen LogP contribution < -0.4 is 5.11 Å². The van der Waals surface area contributed by atoms with E-state index in [9.17, 15) is 18.0 Å². The van der Waals surface area contributed by atoms with Crippen LogP contribution in [0, 0.1) is 0 Å². The van der Waals surface area contributed by atoms with Gasteiger partial charge in [0.25, 0.3) is 0 Å². The van der Waals surface area contributed by atoms with E-state index in [0.29, 0.717) is 4.48 Å². The third kappa shape index (κ3) is 15.4. The lowest BCUT2D eigenvalue weighted by molar-refractivity contribution is -0.862. The summed E-state index contributed by atoms with van der Waals surface area (Å²) in [6.07, 6.45) is -5.19. The van der Waals surface area contributed by atoms with Crippen molar-refractivity contribution in [1.29, 1.82) is 0 Å². The Balaban J connectivity index is 0. The first kappa shape index (κ1) is 16.1. The van der Waals surface area contributed by atoms with Gasteiger partial charge in [-0.3, -0.25) is 0 Å². The Morgan fingerprint density at radius 1 is 1.27 bits per heavy atom. The molecule has 90 valence electrons. The van der Waals surface area contributed by atoms with Crippen LogP contribution in [0.5, 0.6) is 0 Å². The molecule has 15 heavy (non-hydrogen) atoms. The van der Waals surface area contributed by atoms with Gasteiger partial charge in [0.05, 0.1) is 21.1 Å². The van der Waals surface area contributed by atoms with Gasteiger partial charge in [0, 0.05) is 0 Å². The summed E-state index contributed by atoms with van der Waals surface area (Å²) in [5, 5.41) is 17.0. The fourth-order valence-corrected chi connectivity index (χ4v) is 0.406. The van der Waals surface area contributed by atoms with Gasteiger partial charge in [-0.05, 0) is 0 Å². The molecule has 0 aliphatic carbocycles. The average Bonchev–Trinajstić information content (AvgIpc) is 1.78. The van der Waals surface area contributed by atoms with Crippen LogP contribution in [0.4, 0.5) is 13.2 Å².